The van der Waals surface area contributed by atoms with E-state index in [0.29, 0.717) is 12.8 Å². The van der Waals surface area contributed by atoms with Crippen LogP contribution in [0.25, 0.3) is 0 Å². The van der Waals surface area contributed by atoms with Crippen LogP contribution in [-0.2, 0) is 19.1 Å². The average molecular weight is 252 g/mol. The molecule has 1 aliphatic rings. The van der Waals surface area contributed by atoms with E-state index in [-0.39, 0.29) is 13.2 Å². The maximum Gasteiger partial charge on any atom is 0.324 e. The molecule has 0 aliphatic heterocycles. The third-order valence-corrected chi connectivity index (χ3v) is 3.19. The molecule has 0 saturated carbocycles. The highest BCUT2D eigenvalue weighted by Crippen LogP contribution is 2.44. The molecule has 1 rings (SSSR count). The van der Waals surface area contributed by atoms with Crippen LogP contribution < -0.4 is 0 Å². The summed E-state index contributed by atoms with van der Waals surface area (Å²) >= 11 is 0. The molecular formula is C14H20O4. The average Bonchev–Trinajstić information content (AvgIpc) is 2.68. The second kappa shape index (κ2) is 5.85. The van der Waals surface area contributed by atoms with Crippen LogP contribution in [0.3, 0.4) is 0 Å². The normalized spacial score (nSPS) is 17.5. The lowest BCUT2D eigenvalue weighted by Crippen LogP contribution is -2.40. The van der Waals surface area contributed by atoms with Crippen molar-refractivity contribution < 1.29 is 19.1 Å². The molecule has 4 nitrogen and oxygen atoms in total. The molecule has 0 amide bonds. The molecule has 1 aliphatic carbocycles. The summed E-state index contributed by atoms with van der Waals surface area (Å²) in [6.45, 7) is 9.56. The molecule has 100 valence electrons. The largest absolute Gasteiger partial charge is 0.465 e. The summed E-state index contributed by atoms with van der Waals surface area (Å²) in [5.41, 5.74) is 0.710. The standard InChI is InChI=1S/C14H20O4/c1-5-11-9-14(8-10(11)4,12(15)17-6-2)13(16)18-7-3/h5H,1,6-9H2,2-4H3. The number of hydrogen-bond acceptors (Lipinski definition) is 4. The van der Waals surface area contributed by atoms with Crippen LogP contribution in [0.15, 0.2) is 23.8 Å². The topological polar surface area (TPSA) is 52.6 Å². The first kappa shape index (κ1) is 14.5. The number of allylic oxidation sites excluding steroid dienone is 3. The molecule has 0 saturated heterocycles. The Balaban J connectivity index is 3.03. The van der Waals surface area contributed by atoms with Crippen LogP contribution in [0.1, 0.15) is 33.6 Å². The van der Waals surface area contributed by atoms with Crippen LogP contribution in [0.4, 0.5) is 0 Å². The molecular weight excluding hydrogens is 232 g/mol. The van der Waals surface area contributed by atoms with Crippen LogP contribution in [0.2, 0.25) is 0 Å². The summed E-state index contributed by atoms with van der Waals surface area (Å²) in [6.07, 6.45) is 2.36. The highest BCUT2D eigenvalue weighted by atomic mass is 16.6. The Bertz CT molecular complexity index is 375. The van der Waals surface area contributed by atoms with E-state index in [9.17, 15) is 9.59 Å². The minimum Gasteiger partial charge on any atom is -0.465 e. The lowest BCUT2D eigenvalue weighted by Gasteiger charge is -2.24. The van der Waals surface area contributed by atoms with Crippen molar-refractivity contribution in [1.29, 1.82) is 0 Å². The summed E-state index contributed by atoms with van der Waals surface area (Å²) in [7, 11) is 0. The Morgan fingerprint density at radius 3 is 2.06 bits per heavy atom. The summed E-state index contributed by atoms with van der Waals surface area (Å²) < 4.78 is 10.1. The van der Waals surface area contributed by atoms with Crippen molar-refractivity contribution in [3.05, 3.63) is 23.8 Å². The molecule has 0 heterocycles. The highest BCUT2D eigenvalue weighted by molar-refractivity contribution is 6.01. The van der Waals surface area contributed by atoms with Crippen molar-refractivity contribution in [2.75, 3.05) is 13.2 Å². The van der Waals surface area contributed by atoms with Gasteiger partial charge in [-0.05, 0) is 39.2 Å². The Morgan fingerprint density at radius 2 is 1.72 bits per heavy atom. The first-order valence-electron chi connectivity index (χ1n) is 6.17. The zero-order valence-corrected chi connectivity index (χ0v) is 11.2. The lowest BCUT2D eigenvalue weighted by atomic mass is 9.83. The monoisotopic (exact) mass is 252 g/mol. The Labute approximate surface area is 108 Å². The summed E-state index contributed by atoms with van der Waals surface area (Å²) in [5.74, 6) is -1.00. The van der Waals surface area contributed by atoms with E-state index >= 15 is 0 Å². The van der Waals surface area contributed by atoms with Gasteiger partial charge in [0.1, 0.15) is 0 Å². The Morgan fingerprint density at radius 1 is 1.22 bits per heavy atom. The fourth-order valence-corrected chi connectivity index (χ4v) is 2.26. The van der Waals surface area contributed by atoms with Gasteiger partial charge >= 0.3 is 11.9 Å². The van der Waals surface area contributed by atoms with Crippen molar-refractivity contribution in [2.24, 2.45) is 5.41 Å². The van der Waals surface area contributed by atoms with Gasteiger partial charge in [-0.3, -0.25) is 9.59 Å². The molecule has 0 bridgehead atoms. The minimum atomic E-state index is -1.21. The molecule has 0 aromatic heterocycles. The molecule has 0 radical (unpaired) electrons. The number of esters is 2. The molecule has 0 fully saturated rings. The van der Waals surface area contributed by atoms with Crippen LogP contribution >= 0.6 is 0 Å². The summed E-state index contributed by atoms with van der Waals surface area (Å²) in [6, 6.07) is 0. The number of ether oxygens (including phenoxy) is 2. The van der Waals surface area contributed by atoms with Crippen LogP contribution in [0, 0.1) is 5.41 Å². The Kier molecular flexibility index (Phi) is 4.70. The van der Waals surface area contributed by atoms with E-state index in [4.69, 9.17) is 9.47 Å². The molecule has 0 spiro atoms. The van der Waals surface area contributed by atoms with Gasteiger partial charge in [-0.15, -0.1) is 0 Å². The quantitative estimate of drug-likeness (QED) is 0.557. The van der Waals surface area contributed by atoms with E-state index in [1.54, 1.807) is 19.9 Å². The van der Waals surface area contributed by atoms with E-state index < -0.39 is 17.4 Å². The zero-order chi connectivity index (χ0) is 13.8. The van der Waals surface area contributed by atoms with Gasteiger partial charge in [-0.1, -0.05) is 18.2 Å². The SMILES string of the molecule is C=CC1=C(C)CC(C(=O)OCC)(C(=O)OCC)C1. The second-order valence-corrected chi connectivity index (χ2v) is 4.39. The van der Waals surface area contributed by atoms with E-state index in [0.717, 1.165) is 11.1 Å². The van der Waals surface area contributed by atoms with Crippen LogP contribution in [-0.4, -0.2) is 25.2 Å². The second-order valence-electron chi connectivity index (χ2n) is 4.39. The number of rotatable bonds is 5. The van der Waals surface area contributed by atoms with Gasteiger partial charge in [-0.25, -0.2) is 0 Å². The van der Waals surface area contributed by atoms with E-state index in [1.807, 2.05) is 6.92 Å². The van der Waals surface area contributed by atoms with Gasteiger partial charge in [-0.2, -0.15) is 0 Å². The summed E-state index contributed by atoms with van der Waals surface area (Å²) in [5, 5.41) is 0. The van der Waals surface area contributed by atoms with Gasteiger partial charge in [0.05, 0.1) is 13.2 Å². The van der Waals surface area contributed by atoms with Crippen molar-refractivity contribution in [2.45, 2.75) is 33.6 Å². The van der Waals surface area contributed by atoms with Crippen molar-refractivity contribution >= 4 is 11.9 Å². The summed E-state index contributed by atoms with van der Waals surface area (Å²) in [4.78, 5) is 24.2. The minimum absolute atomic E-state index is 0.252. The molecule has 0 unspecified atom stereocenters. The maximum atomic E-state index is 12.1. The van der Waals surface area contributed by atoms with E-state index in [1.165, 1.54) is 0 Å². The molecule has 0 atom stereocenters. The van der Waals surface area contributed by atoms with Crippen molar-refractivity contribution in [1.82, 2.24) is 0 Å². The van der Waals surface area contributed by atoms with Gasteiger partial charge < -0.3 is 9.47 Å². The third kappa shape index (κ3) is 2.47. The fourth-order valence-electron chi connectivity index (χ4n) is 2.26. The number of hydrogen-bond donors (Lipinski definition) is 0. The fraction of sp³-hybridized carbons (Fsp3) is 0.571. The first-order valence-corrected chi connectivity index (χ1v) is 6.17. The predicted molar refractivity (Wildman–Crippen MR) is 67.8 cm³/mol. The van der Waals surface area contributed by atoms with Crippen molar-refractivity contribution in [3.63, 3.8) is 0 Å². The van der Waals surface area contributed by atoms with Crippen LogP contribution in [0.5, 0.6) is 0 Å². The third-order valence-electron chi connectivity index (χ3n) is 3.19. The molecule has 0 aromatic rings. The maximum absolute atomic E-state index is 12.1. The smallest absolute Gasteiger partial charge is 0.324 e. The number of carbonyl (C=O) groups is 2. The van der Waals surface area contributed by atoms with Crippen molar-refractivity contribution in [3.8, 4) is 0 Å². The lowest BCUT2D eigenvalue weighted by molar-refractivity contribution is -0.171. The first-order chi connectivity index (χ1) is 8.51. The van der Waals surface area contributed by atoms with Gasteiger partial charge in [0.25, 0.3) is 0 Å². The Hall–Kier alpha value is -1.58. The molecule has 0 aromatic carbocycles. The number of carbonyl (C=O) groups excluding carboxylic acids is 2. The molecule has 18 heavy (non-hydrogen) atoms. The van der Waals surface area contributed by atoms with E-state index in [2.05, 4.69) is 6.58 Å². The van der Waals surface area contributed by atoms with Gasteiger partial charge in [0, 0.05) is 0 Å². The molecule has 4 heteroatoms. The van der Waals surface area contributed by atoms with Gasteiger partial charge in [0.15, 0.2) is 5.41 Å². The van der Waals surface area contributed by atoms with Gasteiger partial charge in [0.2, 0.25) is 0 Å². The zero-order valence-electron chi connectivity index (χ0n) is 11.2. The molecule has 0 N–H and O–H groups in total. The highest BCUT2D eigenvalue weighted by Gasteiger charge is 2.52. The predicted octanol–water partition coefficient (Wildman–Crippen LogP) is 2.40.